The van der Waals surface area contributed by atoms with Gasteiger partial charge in [0.05, 0.1) is 5.69 Å². The van der Waals surface area contributed by atoms with Crippen LogP contribution in [0.3, 0.4) is 0 Å². The van der Waals surface area contributed by atoms with Gasteiger partial charge in [0.15, 0.2) is 0 Å². The van der Waals surface area contributed by atoms with E-state index in [0.717, 1.165) is 37.5 Å². The molecule has 0 unspecified atom stereocenters. The van der Waals surface area contributed by atoms with Crippen LogP contribution < -0.4 is 10.6 Å². The van der Waals surface area contributed by atoms with Crippen molar-refractivity contribution < 1.29 is 28.2 Å². The summed E-state index contributed by atoms with van der Waals surface area (Å²) in [5, 5.41) is 24.8. The summed E-state index contributed by atoms with van der Waals surface area (Å²) in [5.74, 6) is -1.54. The molecule has 0 radical (unpaired) electrons. The maximum Gasteiger partial charge on any atom is 0.490 e. The molecule has 2 bridgehead atoms. The summed E-state index contributed by atoms with van der Waals surface area (Å²) in [5.41, 5.74) is 4.19. The normalized spacial score (nSPS) is 27.7. The zero-order valence-corrected chi connectivity index (χ0v) is 16.6. The van der Waals surface area contributed by atoms with Crippen molar-refractivity contribution in [1.82, 2.24) is 5.32 Å². The number of carboxylic acids is 1. The van der Waals surface area contributed by atoms with Crippen molar-refractivity contribution in [2.24, 2.45) is 5.92 Å². The second-order valence-electron chi connectivity index (χ2n) is 8.28. The fraction of sp³-hybridized carbons (Fsp3) is 0.667. The molecule has 1 saturated carbocycles. The molecule has 4 N–H and O–H groups in total. The lowest BCUT2D eigenvalue weighted by atomic mass is 9.53. The summed E-state index contributed by atoms with van der Waals surface area (Å²) < 4.78 is 31.7. The molecule has 29 heavy (non-hydrogen) atoms. The van der Waals surface area contributed by atoms with Crippen LogP contribution in [0.1, 0.15) is 56.6 Å². The number of halogens is 3. The van der Waals surface area contributed by atoms with Gasteiger partial charge in [-0.05, 0) is 67.8 Å². The highest BCUT2D eigenvalue weighted by molar-refractivity contribution is 5.73. The molecule has 3 atom stereocenters. The standard InChI is InChI=1S/C19H28N2O.C2HF3O2/c1-2-8-20-17-11-13-10-16-14-5-3-4-6-19(14,7-9-21-16)15(13)12-18(17)22;3-2(4,5)1(6)7/h11-12,14,16,20-22H,2-10H2,1H3;(H,6,7)/t14-,16+,19+;/m1./s1. The van der Waals surface area contributed by atoms with Gasteiger partial charge < -0.3 is 20.8 Å². The van der Waals surface area contributed by atoms with Crippen molar-refractivity contribution in [2.45, 2.75) is 69.5 Å². The number of carbonyl (C=O) groups is 1. The number of carboxylic acid groups (broad SMARTS) is 1. The number of hydrogen-bond acceptors (Lipinski definition) is 4. The number of rotatable bonds is 3. The van der Waals surface area contributed by atoms with Gasteiger partial charge in [0.1, 0.15) is 5.75 Å². The molecule has 162 valence electrons. The van der Waals surface area contributed by atoms with Gasteiger partial charge in [0.2, 0.25) is 0 Å². The third kappa shape index (κ3) is 4.32. The highest BCUT2D eigenvalue weighted by Gasteiger charge is 2.51. The molecule has 8 heteroatoms. The molecular weight excluding hydrogens is 385 g/mol. The summed E-state index contributed by atoms with van der Waals surface area (Å²) >= 11 is 0. The van der Waals surface area contributed by atoms with Crippen LogP contribution in [0.25, 0.3) is 0 Å². The van der Waals surface area contributed by atoms with Crippen LogP contribution >= 0.6 is 0 Å². The van der Waals surface area contributed by atoms with E-state index in [9.17, 15) is 18.3 Å². The number of phenols is 1. The first-order chi connectivity index (χ1) is 13.7. The summed E-state index contributed by atoms with van der Waals surface area (Å²) in [7, 11) is 0. The molecule has 5 nitrogen and oxygen atoms in total. The summed E-state index contributed by atoms with van der Waals surface area (Å²) in [6.07, 6.45) is 3.75. The van der Waals surface area contributed by atoms with E-state index in [1.807, 2.05) is 0 Å². The average Bonchev–Trinajstić information content (AvgIpc) is 2.67. The van der Waals surface area contributed by atoms with Crippen molar-refractivity contribution in [3.63, 3.8) is 0 Å². The maximum atomic E-state index is 10.6. The Hall–Kier alpha value is -1.96. The van der Waals surface area contributed by atoms with E-state index in [1.165, 1.54) is 43.2 Å². The SMILES string of the molecule is CCCNc1cc2c(cc1O)[C@]13CCCC[C@@H]1[C@H](C2)NCC3.O=C(O)C(F)(F)F. The van der Waals surface area contributed by atoms with E-state index in [4.69, 9.17) is 9.90 Å². The van der Waals surface area contributed by atoms with Gasteiger partial charge in [-0.3, -0.25) is 0 Å². The van der Waals surface area contributed by atoms with Crippen LogP contribution in [-0.4, -0.2) is 41.5 Å². The first-order valence-corrected chi connectivity index (χ1v) is 10.3. The van der Waals surface area contributed by atoms with Crippen LogP contribution in [-0.2, 0) is 16.6 Å². The molecule has 1 aromatic rings. The number of hydrogen-bond donors (Lipinski definition) is 4. The zero-order chi connectivity index (χ0) is 21.2. The predicted octanol–water partition coefficient (Wildman–Crippen LogP) is 4.19. The van der Waals surface area contributed by atoms with Gasteiger partial charge in [0.25, 0.3) is 0 Å². The van der Waals surface area contributed by atoms with E-state index in [0.29, 0.717) is 17.2 Å². The van der Waals surface area contributed by atoms with E-state index in [1.54, 1.807) is 0 Å². The summed E-state index contributed by atoms with van der Waals surface area (Å²) in [4.78, 5) is 8.90. The Morgan fingerprint density at radius 2 is 2.03 bits per heavy atom. The van der Waals surface area contributed by atoms with Crippen molar-refractivity contribution in [3.05, 3.63) is 23.3 Å². The molecule has 1 aliphatic heterocycles. The molecule has 0 spiro atoms. The van der Waals surface area contributed by atoms with Crippen LogP contribution in [0.2, 0.25) is 0 Å². The van der Waals surface area contributed by atoms with E-state index in [2.05, 4.69) is 29.7 Å². The lowest BCUT2D eigenvalue weighted by molar-refractivity contribution is -0.192. The highest BCUT2D eigenvalue weighted by atomic mass is 19.4. The number of anilines is 1. The van der Waals surface area contributed by atoms with Gasteiger partial charge in [-0.15, -0.1) is 0 Å². The third-order valence-corrected chi connectivity index (χ3v) is 6.57. The van der Waals surface area contributed by atoms with Crippen molar-refractivity contribution >= 4 is 11.7 Å². The molecule has 1 aromatic carbocycles. The minimum absolute atomic E-state index is 0.336. The van der Waals surface area contributed by atoms with Crippen LogP contribution in [0.5, 0.6) is 5.75 Å². The summed E-state index contributed by atoms with van der Waals surface area (Å²) in [6, 6.07) is 4.98. The molecule has 1 heterocycles. The van der Waals surface area contributed by atoms with E-state index >= 15 is 0 Å². The smallest absolute Gasteiger partial charge is 0.490 e. The van der Waals surface area contributed by atoms with Crippen LogP contribution in [0.15, 0.2) is 12.1 Å². The lowest BCUT2D eigenvalue weighted by Crippen LogP contribution is -2.59. The Kier molecular flexibility index (Phi) is 6.31. The Morgan fingerprint density at radius 1 is 1.31 bits per heavy atom. The number of benzene rings is 1. The molecular formula is C21H29F3N2O3. The Morgan fingerprint density at radius 3 is 2.69 bits per heavy atom. The van der Waals surface area contributed by atoms with E-state index < -0.39 is 12.1 Å². The molecule has 0 amide bonds. The third-order valence-electron chi connectivity index (χ3n) is 6.57. The Balaban J connectivity index is 0.000000298. The van der Waals surface area contributed by atoms with Gasteiger partial charge in [-0.1, -0.05) is 19.8 Å². The number of piperidine rings is 1. The average molecular weight is 414 g/mol. The largest absolute Gasteiger partial charge is 0.506 e. The molecule has 4 rings (SSSR count). The molecule has 3 aliphatic rings. The quantitative estimate of drug-likeness (QED) is 0.558. The number of phenolic OH excluding ortho intramolecular Hbond substituents is 1. The van der Waals surface area contributed by atoms with Crippen molar-refractivity contribution in [3.8, 4) is 5.75 Å². The fourth-order valence-corrected chi connectivity index (χ4v) is 5.37. The predicted molar refractivity (Wildman–Crippen MR) is 104 cm³/mol. The molecule has 1 saturated heterocycles. The molecule has 0 aromatic heterocycles. The van der Waals surface area contributed by atoms with Crippen LogP contribution in [0, 0.1) is 5.92 Å². The highest BCUT2D eigenvalue weighted by Crippen LogP contribution is 2.55. The topological polar surface area (TPSA) is 81.6 Å². The maximum absolute atomic E-state index is 10.6. The fourth-order valence-electron chi connectivity index (χ4n) is 5.37. The number of aliphatic carboxylic acids is 1. The monoisotopic (exact) mass is 414 g/mol. The minimum Gasteiger partial charge on any atom is -0.506 e. The van der Waals surface area contributed by atoms with Gasteiger partial charge >= 0.3 is 12.1 Å². The number of nitrogens with one attached hydrogen (secondary N) is 2. The lowest BCUT2D eigenvalue weighted by Gasteiger charge is -2.56. The first-order valence-electron chi connectivity index (χ1n) is 10.3. The first kappa shape index (κ1) is 21.7. The minimum atomic E-state index is -5.08. The zero-order valence-electron chi connectivity index (χ0n) is 16.6. The van der Waals surface area contributed by atoms with Gasteiger partial charge in [-0.25, -0.2) is 4.79 Å². The second-order valence-corrected chi connectivity index (χ2v) is 8.28. The number of alkyl halides is 3. The molecule has 2 fully saturated rings. The molecule has 2 aliphatic carbocycles. The number of fused-ring (bicyclic) bond motifs is 1. The van der Waals surface area contributed by atoms with Crippen molar-refractivity contribution in [2.75, 3.05) is 18.4 Å². The summed E-state index contributed by atoms with van der Waals surface area (Å²) in [6.45, 7) is 4.21. The van der Waals surface area contributed by atoms with Gasteiger partial charge in [-0.2, -0.15) is 13.2 Å². The number of aromatic hydroxyl groups is 1. The Labute approximate surface area is 168 Å². The van der Waals surface area contributed by atoms with Crippen LogP contribution in [0.4, 0.5) is 18.9 Å². The Bertz CT molecular complexity index is 749. The van der Waals surface area contributed by atoms with E-state index in [-0.39, 0.29) is 0 Å². The van der Waals surface area contributed by atoms with Gasteiger partial charge in [0, 0.05) is 18.0 Å². The second kappa shape index (κ2) is 8.42. The van der Waals surface area contributed by atoms with Crippen molar-refractivity contribution in [1.29, 1.82) is 0 Å².